The summed E-state index contributed by atoms with van der Waals surface area (Å²) in [5.74, 6) is 0.490. The van der Waals surface area contributed by atoms with E-state index in [-0.39, 0.29) is 17.7 Å². The predicted molar refractivity (Wildman–Crippen MR) is 93.7 cm³/mol. The van der Waals surface area contributed by atoms with E-state index in [0.29, 0.717) is 18.9 Å². The van der Waals surface area contributed by atoms with Crippen LogP contribution in [0.2, 0.25) is 0 Å². The number of amides is 2. The minimum absolute atomic E-state index is 0.241. The van der Waals surface area contributed by atoms with Crippen LogP contribution in [0.4, 0.5) is 29.5 Å². The van der Waals surface area contributed by atoms with Gasteiger partial charge in [0, 0.05) is 44.6 Å². The minimum atomic E-state index is -4.69. The van der Waals surface area contributed by atoms with Crippen molar-refractivity contribution < 1.29 is 22.7 Å². The lowest BCUT2D eigenvalue weighted by atomic mass is 10.1. The Balaban J connectivity index is 1.45. The van der Waals surface area contributed by atoms with E-state index in [1.54, 1.807) is 36.1 Å². The Morgan fingerprint density at radius 3 is 2.67 bits per heavy atom. The van der Waals surface area contributed by atoms with Crippen LogP contribution in [0, 0.1) is 5.92 Å². The molecule has 1 saturated heterocycles. The molecule has 10 heteroatoms. The number of nitrogens with one attached hydrogen (secondary N) is 2. The average molecular weight is 383 g/mol. The first-order valence-electron chi connectivity index (χ1n) is 8.44. The lowest BCUT2D eigenvalue weighted by molar-refractivity contribution is -0.274. The summed E-state index contributed by atoms with van der Waals surface area (Å²) >= 11 is 0. The van der Waals surface area contributed by atoms with E-state index in [2.05, 4.69) is 25.4 Å². The number of carbonyl (C=O) groups excluding carboxylic acids is 1. The molecule has 3 rings (SSSR count). The number of rotatable bonds is 5. The van der Waals surface area contributed by atoms with Crippen molar-refractivity contribution in [3.63, 3.8) is 0 Å². The summed E-state index contributed by atoms with van der Waals surface area (Å²) in [6, 6.07) is 7.18. The third-order valence-electron chi connectivity index (χ3n) is 4.23. The molecule has 1 fully saturated rings. The predicted octanol–water partition coefficient (Wildman–Crippen LogP) is 2.97. The van der Waals surface area contributed by atoms with Gasteiger partial charge in [-0.25, -0.2) is 4.79 Å². The maximum atomic E-state index is 12.2. The van der Waals surface area contributed by atoms with Crippen molar-refractivity contribution in [1.29, 1.82) is 0 Å². The molecule has 0 aliphatic carbocycles. The van der Waals surface area contributed by atoms with E-state index >= 15 is 0 Å². The monoisotopic (exact) mass is 383 g/mol. The van der Waals surface area contributed by atoms with Crippen molar-refractivity contribution in [3.8, 4) is 5.75 Å². The van der Waals surface area contributed by atoms with Gasteiger partial charge in [0.2, 0.25) is 0 Å². The maximum absolute atomic E-state index is 12.2. The van der Waals surface area contributed by atoms with Gasteiger partial charge in [0.25, 0.3) is 0 Å². The average Bonchev–Trinajstić information content (AvgIpc) is 3.21. The largest absolute Gasteiger partial charge is 0.573 e. The number of urea groups is 1. The fourth-order valence-corrected chi connectivity index (χ4v) is 2.97. The fourth-order valence-electron chi connectivity index (χ4n) is 2.97. The van der Waals surface area contributed by atoms with Crippen LogP contribution in [0.1, 0.15) is 6.42 Å². The summed E-state index contributed by atoms with van der Waals surface area (Å²) in [6.07, 6.45) is -2.08. The Morgan fingerprint density at radius 1 is 1.30 bits per heavy atom. The van der Waals surface area contributed by atoms with Crippen LogP contribution in [0.5, 0.6) is 5.75 Å². The highest BCUT2D eigenvalue weighted by molar-refractivity contribution is 5.88. The summed E-state index contributed by atoms with van der Waals surface area (Å²) in [6.45, 7) is 1.99. The molecule has 1 atom stereocenters. The zero-order chi connectivity index (χ0) is 19.4. The topological polar surface area (TPSA) is 71.4 Å². The number of alkyl halides is 3. The Morgan fingerprint density at radius 2 is 2.04 bits per heavy atom. The zero-order valence-corrected chi connectivity index (χ0v) is 14.7. The van der Waals surface area contributed by atoms with Gasteiger partial charge < -0.3 is 15.0 Å². The number of benzene rings is 1. The molecular formula is C17H20F3N5O2. The standard InChI is InChI=1S/C17H20F3N5O2/c1-24-8-7-15(23-24)22-16(26)21-10-12-6-9-25(11-12)13-2-4-14(5-3-13)27-17(18,19)20/h2-5,7-8,12H,6,9-11H2,1H3,(H2,21,22,23,26)/t12-/m1/s1. The molecule has 0 unspecified atom stereocenters. The van der Waals surface area contributed by atoms with Crippen LogP contribution >= 0.6 is 0 Å². The van der Waals surface area contributed by atoms with Crippen molar-refractivity contribution >= 4 is 17.5 Å². The number of aromatic nitrogens is 2. The van der Waals surface area contributed by atoms with E-state index in [0.717, 1.165) is 18.7 Å². The Hall–Kier alpha value is -2.91. The van der Waals surface area contributed by atoms with Gasteiger partial charge in [-0.05, 0) is 36.6 Å². The van der Waals surface area contributed by atoms with Crippen LogP contribution < -0.4 is 20.3 Å². The van der Waals surface area contributed by atoms with E-state index in [4.69, 9.17) is 0 Å². The Bertz CT molecular complexity index is 776. The molecule has 0 saturated carbocycles. The Labute approximate surface area is 154 Å². The third kappa shape index (κ3) is 5.53. The van der Waals surface area contributed by atoms with Crippen molar-refractivity contribution in [2.45, 2.75) is 12.8 Å². The maximum Gasteiger partial charge on any atom is 0.573 e. The SMILES string of the molecule is Cn1ccc(NC(=O)NC[C@H]2CCN(c3ccc(OC(F)(F)F)cc3)C2)n1. The number of hydrogen-bond acceptors (Lipinski definition) is 4. The number of nitrogens with zero attached hydrogens (tertiary/aromatic N) is 3. The first kappa shape index (κ1) is 18.9. The highest BCUT2D eigenvalue weighted by Crippen LogP contribution is 2.28. The van der Waals surface area contributed by atoms with E-state index in [9.17, 15) is 18.0 Å². The molecule has 2 amide bonds. The number of anilines is 2. The molecule has 2 N–H and O–H groups in total. The summed E-state index contributed by atoms with van der Waals surface area (Å²) in [5, 5.41) is 9.54. The van der Waals surface area contributed by atoms with Crippen LogP contribution in [0.3, 0.4) is 0 Å². The second-order valence-corrected chi connectivity index (χ2v) is 6.35. The summed E-state index contributed by atoms with van der Waals surface area (Å²) in [5.41, 5.74) is 0.824. The molecule has 7 nitrogen and oxygen atoms in total. The first-order valence-corrected chi connectivity index (χ1v) is 8.44. The van der Waals surface area contributed by atoms with Crippen molar-refractivity contribution in [3.05, 3.63) is 36.5 Å². The van der Waals surface area contributed by atoms with Gasteiger partial charge in [0.15, 0.2) is 5.82 Å². The van der Waals surface area contributed by atoms with Crippen LogP contribution in [0.25, 0.3) is 0 Å². The van der Waals surface area contributed by atoms with Gasteiger partial charge in [-0.1, -0.05) is 0 Å². The summed E-state index contributed by atoms with van der Waals surface area (Å²) in [4.78, 5) is 14.0. The molecule has 0 bridgehead atoms. The molecule has 1 aromatic carbocycles. The quantitative estimate of drug-likeness (QED) is 0.833. The van der Waals surface area contributed by atoms with E-state index in [1.165, 1.54) is 12.1 Å². The highest BCUT2D eigenvalue weighted by atomic mass is 19.4. The molecule has 0 spiro atoms. The molecule has 146 valence electrons. The van der Waals surface area contributed by atoms with Gasteiger partial charge in [-0.15, -0.1) is 13.2 Å². The lowest BCUT2D eigenvalue weighted by Crippen LogP contribution is -2.34. The van der Waals surface area contributed by atoms with Gasteiger partial charge >= 0.3 is 12.4 Å². The van der Waals surface area contributed by atoms with Crippen LogP contribution in [0.15, 0.2) is 36.5 Å². The second-order valence-electron chi connectivity index (χ2n) is 6.35. The normalized spacial score (nSPS) is 17.0. The lowest BCUT2D eigenvalue weighted by Gasteiger charge is -2.19. The molecule has 0 radical (unpaired) electrons. The first-order chi connectivity index (χ1) is 12.8. The molecule has 2 heterocycles. The fraction of sp³-hybridized carbons (Fsp3) is 0.412. The van der Waals surface area contributed by atoms with Crippen molar-refractivity contribution in [1.82, 2.24) is 15.1 Å². The Kier molecular flexibility index (Phi) is 5.43. The zero-order valence-electron chi connectivity index (χ0n) is 14.7. The van der Waals surface area contributed by atoms with Crippen molar-refractivity contribution in [2.24, 2.45) is 13.0 Å². The number of aryl methyl sites for hydroxylation is 1. The van der Waals surface area contributed by atoms with Gasteiger partial charge in [0.05, 0.1) is 0 Å². The molecule has 1 aromatic heterocycles. The number of hydrogen-bond donors (Lipinski definition) is 2. The molecule has 2 aromatic rings. The molecular weight excluding hydrogens is 363 g/mol. The van der Waals surface area contributed by atoms with E-state index < -0.39 is 6.36 Å². The van der Waals surface area contributed by atoms with Crippen molar-refractivity contribution in [2.75, 3.05) is 29.9 Å². The smallest absolute Gasteiger partial charge is 0.406 e. The van der Waals surface area contributed by atoms with Gasteiger partial charge in [0.1, 0.15) is 5.75 Å². The minimum Gasteiger partial charge on any atom is -0.406 e. The second kappa shape index (κ2) is 7.77. The number of ether oxygens (including phenoxy) is 1. The van der Waals surface area contributed by atoms with Gasteiger partial charge in [-0.2, -0.15) is 5.10 Å². The number of carbonyl (C=O) groups is 1. The van der Waals surface area contributed by atoms with Crippen LogP contribution in [-0.2, 0) is 7.05 Å². The summed E-state index contributed by atoms with van der Waals surface area (Å²) in [7, 11) is 1.76. The molecule has 27 heavy (non-hydrogen) atoms. The third-order valence-corrected chi connectivity index (χ3v) is 4.23. The molecule has 1 aliphatic heterocycles. The van der Waals surface area contributed by atoms with Gasteiger partial charge in [-0.3, -0.25) is 10.00 Å². The highest BCUT2D eigenvalue weighted by Gasteiger charge is 2.31. The summed E-state index contributed by atoms with van der Waals surface area (Å²) < 4.78 is 42.1. The van der Waals surface area contributed by atoms with E-state index in [1.807, 2.05) is 0 Å². The van der Waals surface area contributed by atoms with Crippen LogP contribution in [-0.4, -0.2) is 41.8 Å². The number of halogens is 3. The molecule has 1 aliphatic rings.